The van der Waals surface area contributed by atoms with Crippen LogP contribution in [0.25, 0.3) is 10.8 Å². The lowest BCUT2D eigenvalue weighted by atomic mass is 9.98. The lowest BCUT2D eigenvalue weighted by Crippen LogP contribution is -2.51. The number of nitrogens with zero attached hydrogens (tertiary/aromatic N) is 6. The van der Waals surface area contributed by atoms with Crippen LogP contribution in [0.15, 0.2) is 78.0 Å². The molecule has 2 N–H and O–H groups in total. The molecule has 0 spiro atoms. The highest BCUT2D eigenvalue weighted by molar-refractivity contribution is 7.83. The largest absolute Gasteiger partial charge is 0.467 e. The summed E-state index contributed by atoms with van der Waals surface area (Å²) in [4.78, 5) is 27.9. The molecule has 50 heavy (non-hydrogen) atoms. The van der Waals surface area contributed by atoms with Gasteiger partial charge in [-0.1, -0.05) is 30.3 Å². The zero-order valence-electron chi connectivity index (χ0n) is 28.0. The van der Waals surface area contributed by atoms with E-state index in [0.717, 1.165) is 50.4 Å². The van der Waals surface area contributed by atoms with Crippen molar-refractivity contribution in [3.63, 3.8) is 0 Å². The predicted molar refractivity (Wildman–Crippen MR) is 194 cm³/mol. The zero-order chi connectivity index (χ0) is 33.8. The third kappa shape index (κ3) is 6.11. The number of benzene rings is 3. The average Bonchev–Trinajstić information content (AvgIpc) is 3.77. The molecule has 4 aliphatic rings. The maximum Gasteiger partial charge on any atom is 0.262 e. The lowest BCUT2D eigenvalue weighted by Gasteiger charge is -2.38. The summed E-state index contributed by atoms with van der Waals surface area (Å²) < 4.78 is 20.5. The van der Waals surface area contributed by atoms with Gasteiger partial charge in [0.2, 0.25) is 5.88 Å². The first-order valence-electron chi connectivity index (χ1n) is 17.6. The Morgan fingerprint density at radius 3 is 2.54 bits per heavy atom. The normalized spacial score (nSPS) is 20.5. The number of hydrogen-bond donors (Lipinski definition) is 2. The van der Waals surface area contributed by atoms with Crippen LogP contribution < -0.4 is 25.2 Å². The van der Waals surface area contributed by atoms with E-state index in [9.17, 15) is 9.00 Å². The summed E-state index contributed by atoms with van der Waals surface area (Å²) in [6, 6.07) is 22.9. The molecule has 1 saturated carbocycles. The number of carbonyl (C=O) groups is 1. The minimum atomic E-state index is -1.51. The highest BCUT2D eigenvalue weighted by Crippen LogP contribution is 2.39. The maximum atomic E-state index is 13.1. The Morgan fingerprint density at radius 1 is 0.980 bits per heavy atom. The minimum absolute atomic E-state index is 0.180. The Morgan fingerprint density at radius 2 is 1.76 bits per heavy atom. The molecule has 3 fully saturated rings. The van der Waals surface area contributed by atoms with Crippen LogP contribution >= 0.6 is 0 Å². The molecule has 3 unspecified atom stereocenters. The number of amides is 1. The molecule has 3 aromatic carbocycles. The fourth-order valence-corrected chi connectivity index (χ4v) is 8.66. The summed E-state index contributed by atoms with van der Waals surface area (Å²) in [5, 5.41) is 13.6. The molecule has 5 heterocycles. The smallest absolute Gasteiger partial charge is 0.262 e. The molecule has 3 atom stereocenters. The Balaban J connectivity index is 0.923. The van der Waals surface area contributed by atoms with Crippen molar-refractivity contribution in [1.82, 2.24) is 24.5 Å². The van der Waals surface area contributed by atoms with Gasteiger partial charge in [-0.15, -0.1) is 5.10 Å². The molecule has 5 aromatic rings. The Bertz CT molecular complexity index is 2100. The van der Waals surface area contributed by atoms with Gasteiger partial charge in [0, 0.05) is 71.7 Å². The molecule has 2 bridgehead atoms. The number of anilines is 3. The quantitative estimate of drug-likeness (QED) is 0.218. The fraction of sp³-hybridized carbons (Fsp3) is 0.368. The van der Waals surface area contributed by atoms with E-state index in [4.69, 9.17) is 9.72 Å². The predicted octanol–water partition coefficient (Wildman–Crippen LogP) is 5.10. The van der Waals surface area contributed by atoms with E-state index in [0.29, 0.717) is 41.0 Å². The van der Waals surface area contributed by atoms with Gasteiger partial charge in [-0.05, 0) is 80.3 Å². The second kappa shape index (κ2) is 12.8. The van der Waals surface area contributed by atoms with Gasteiger partial charge in [-0.25, -0.2) is 14.2 Å². The summed E-state index contributed by atoms with van der Waals surface area (Å²) in [6.45, 7) is 5.48. The molecule has 0 radical (unpaired) electrons. The van der Waals surface area contributed by atoms with Crippen LogP contribution in [0, 0.1) is 6.92 Å². The molecule has 1 aliphatic carbocycles. The van der Waals surface area contributed by atoms with Gasteiger partial charge in [0.1, 0.15) is 6.33 Å². The molecular formula is C38H40N8O3S. The molecular weight excluding hydrogens is 649 g/mol. The minimum Gasteiger partial charge on any atom is -0.467 e. The van der Waals surface area contributed by atoms with Crippen molar-refractivity contribution in [2.45, 2.75) is 68.5 Å². The summed E-state index contributed by atoms with van der Waals surface area (Å²) in [5.74, 6) is 1.31. The molecule has 2 aromatic heterocycles. The lowest BCUT2D eigenvalue weighted by molar-refractivity contribution is -0.118. The van der Waals surface area contributed by atoms with Crippen molar-refractivity contribution >= 4 is 44.7 Å². The molecule has 2 saturated heterocycles. The van der Waals surface area contributed by atoms with Crippen molar-refractivity contribution in [3.8, 4) is 5.88 Å². The van der Waals surface area contributed by atoms with Crippen LogP contribution in [0.2, 0.25) is 0 Å². The molecule has 1 amide bonds. The Hall–Kier alpha value is -4.81. The van der Waals surface area contributed by atoms with Crippen molar-refractivity contribution in [2.24, 2.45) is 0 Å². The summed E-state index contributed by atoms with van der Waals surface area (Å²) in [5.41, 5.74) is 6.53. The van der Waals surface area contributed by atoms with Gasteiger partial charge in [-0.3, -0.25) is 4.79 Å². The highest BCUT2D eigenvalue weighted by Gasteiger charge is 2.35. The number of aromatic nitrogens is 4. The molecule has 9 rings (SSSR count). The Labute approximate surface area is 293 Å². The van der Waals surface area contributed by atoms with Crippen LogP contribution in [-0.4, -0.2) is 67.6 Å². The first kappa shape index (κ1) is 31.2. The van der Waals surface area contributed by atoms with E-state index in [1.165, 1.54) is 56.5 Å². The molecule has 11 nitrogen and oxygen atoms in total. The van der Waals surface area contributed by atoms with Crippen molar-refractivity contribution in [3.05, 3.63) is 95.7 Å². The number of nitrogens with one attached hydrogen (secondary N) is 2. The van der Waals surface area contributed by atoms with Crippen LogP contribution in [0.5, 0.6) is 5.88 Å². The third-order valence-corrected chi connectivity index (χ3v) is 11.6. The van der Waals surface area contributed by atoms with Gasteiger partial charge < -0.3 is 25.2 Å². The van der Waals surface area contributed by atoms with Crippen molar-refractivity contribution in [1.29, 1.82) is 0 Å². The molecule has 3 aliphatic heterocycles. The number of ether oxygens (including phenoxy) is 1. The second-order valence-corrected chi connectivity index (χ2v) is 15.3. The molecule has 256 valence electrons. The van der Waals surface area contributed by atoms with Crippen LogP contribution in [0.4, 0.5) is 17.1 Å². The number of pyridine rings is 1. The summed E-state index contributed by atoms with van der Waals surface area (Å²) >= 11 is 0. The number of hydrogen-bond acceptors (Lipinski definition) is 9. The van der Waals surface area contributed by atoms with Crippen LogP contribution in [0.3, 0.4) is 0 Å². The van der Waals surface area contributed by atoms with Gasteiger partial charge in [0.25, 0.3) is 5.91 Å². The van der Waals surface area contributed by atoms with E-state index in [1.807, 2.05) is 6.07 Å². The number of rotatable bonds is 9. The number of fused-ring (bicyclic) bond motifs is 4. The fourth-order valence-electron chi connectivity index (χ4n) is 7.79. The van der Waals surface area contributed by atoms with Gasteiger partial charge >= 0.3 is 0 Å². The van der Waals surface area contributed by atoms with Gasteiger partial charge in [0.15, 0.2) is 23.4 Å². The second-order valence-electron chi connectivity index (χ2n) is 14.0. The van der Waals surface area contributed by atoms with E-state index < -0.39 is 11.0 Å². The standard InChI is InChI=1S/C38H40N8O3S/c1-24-4-2-5-25-6-3-7-33(37(24)25)44-17-16-31-32(21-44)42-36(18-34(31)45-19-28-10-11-29(20-45)40-28)49-22-35(47)41-27-12-14-30(15-13-27)50(48)46-23-39-38(43-46)26-8-9-26/h2-7,12-15,18,23,26,28-29,40H,8-11,16-17,19-22H2,1H3,(H,41,47). The van der Waals surface area contributed by atoms with Gasteiger partial charge in [0.05, 0.1) is 17.1 Å². The van der Waals surface area contributed by atoms with Crippen molar-refractivity contribution in [2.75, 3.05) is 41.4 Å². The number of aryl methyl sites for hydroxylation is 1. The monoisotopic (exact) mass is 688 g/mol. The van der Waals surface area contributed by atoms with E-state index in [-0.39, 0.29) is 12.5 Å². The van der Waals surface area contributed by atoms with Gasteiger partial charge in [-0.2, -0.15) is 4.09 Å². The zero-order valence-corrected chi connectivity index (χ0v) is 28.9. The summed E-state index contributed by atoms with van der Waals surface area (Å²) in [6.07, 6.45) is 6.97. The van der Waals surface area contributed by atoms with E-state index >= 15 is 0 Å². The first-order valence-corrected chi connectivity index (χ1v) is 18.7. The summed E-state index contributed by atoms with van der Waals surface area (Å²) in [7, 11) is -1.51. The average molecular weight is 689 g/mol. The third-order valence-electron chi connectivity index (χ3n) is 10.4. The Kier molecular flexibility index (Phi) is 8.00. The SMILES string of the molecule is Cc1cccc2cccc(N3CCc4c(N5CC6CCC(C5)N6)cc(OCC(=O)Nc5ccc(S(=O)n6cnc(C7CC7)n6)cc5)nc4C3)c12. The highest BCUT2D eigenvalue weighted by atomic mass is 32.2. The van der Waals surface area contributed by atoms with Crippen LogP contribution in [-0.2, 0) is 28.7 Å². The van der Waals surface area contributed by atoms with E-state index in [1.54, 1.807) is 24.3 Å². The van der Waals surface area contributed by atoms with Crippen molar-refractivity contribution < 1.29 is 13.7 Å². The topological polar surface area (TPSA) is 118 Å². The van der Waals surface area contributed by atoms with E-state index in [2.05, 4.69) is 73.8 Å². The number of carbonyl (C=O) groups excluding carboxylic acids is 1. The maximum absolute atomic E-state index is 13.1. The molecule has 12 heteroatoms. The first-order chi connectivity index (χ1) is 24.4. The number of piperazine rings is 1. The van der Waals surface area contributed by atoms with Crippen LogP contribution in [0.1, 0.15) is 54.2 Å².